The summed E-state index contributed by atoms with van der Waals surface area (Å²) in [6.07, 6.45) is 5.18. The van der Waals surface area contributed by atoms with E-state index < -0.39 is 0 Å². The smallest absolute Gasteiger partial charge is 0.118 e. The Morgan fingerprint density at radius 2 is 1.80 bits per heavy atom. The number of nitrogens with two attached hydrogens (primary N) is 1. The topological polar surface area (TPSA) is 44.5 Å². The van der Waals surface area contributed by atoms with Crippen molar-refractivity contribution in [1.29, 1.82) is 0 Å². The molecule has 0 bridgehead atoms. The van der Waals surface area contributed by atoms with Crippen molar-refractivity contribution in [3.63, 3.8) is 0 Å². The predicted molar refractivity (Wildman–Crippen MR) is 81.9 cm³/mol. The maximum absolute atomic E-state index is 6.19. The second-order valence-corrected chi connectivity index (χ2v) is 6.58. The van der Waals surface area contributed by atoms with E-state index in [4.69, 9.17) is 15.2 Å². The van der Waals surface area contributed by atoms with Crippen molar-refractivity contribution >= 4 is 0 Å². The lowest BCUT2D eigenvalue weighted by Crippen LogP contribution is -2.29. The van der Waals surface area contributed by atoms with Crippen molar-refractivity contribution < 1.29 is 9.47 Å². The monoisotopic (exact) mass is 277 g/mol. The molecule has 0 aromatic heterocycles. The van der Waals surface area contributed by atoms with Gasteiger partial charge in [-0.05, 0) is 48.8 Å². The number of methoxy groups -OCH3 is 1. The number of hydrogen-bond acceptors (Lipinski definition) is 3. The summed E-state index contributed by atoms with van der Waals surface area (Å²) < 4.78 is 11.1. The van der Waals surface area contributed by atoms with Gasteiger partial charge < -0.3 is 15.2 Å². The van der Waals surface area contributed by atoms with E-state index in [0.717, 1.165) is 24.2 Å². The minimum absolute atomic E-state index is 0.0594. The summed E-state index contributed by atoms with van der Waals surface area (Å²) in [4.78, 5) is 0. The molecule has 1 aromatic rings. The molecule has 0 heterocycles. The third-order valence-corrected chi connectivity index (χ3v) is 4.34. The summed E-state index contributed by atoms with van der Waals surface area (Å²) in [7, 11) is 1.67. The van der Waals surface area contributed by atoms with Crippen LogP contribution in [0, 0.1) is 5.41 Å². The van der Waals surface area contributed by atoms with Gasteiger partial charge >= 0.3 is 0 Å². The standard InChI is InChI=1S/C17H27NO2/c1-17(2)10-8-15(9-11-17)20-12-16(18)13-4-6-14(19-3)7-5-13/h4-7,15-16H,8-12,18H2,1-3H3. The van der Waals surface area contributed by atoms with Crippen LogP contribution in [0.25, 0.3) is 0 Å². The highest BCUT2D eigenvalue weighted by Gasteiger charge is 2.27. The molecule has 1 aromatic carbocycles. The van der Waals surface area contributed by atoms with E-state index in [1.807, 2.05) is 24.3 Å². The molecule has 1 aliphatic carbocycles. The lowest BCUT2D eigenvalue weighted by molar-refractivity contribution is -0.00185. The number of hydrogen-bond donors (Lipinski definition) is 1. The van der Waals surface area contributed by atoms with Crippen LogP contribution in [0.3, 0.4) is 0 Å². The third kappa shape index (κ3) is 4.22. The van der Waals surface area contributed by atoms with E-state index in [9.17, 15) is 0 Å². The quantitative estimate of drug-likeness (QED) is 0.893. The fourth-order valence-electron chi connectivity index (χ4n) is 2.73. The van der Waals surface area contributed by atoms with Gasteiger partial charge in [0.15, 0.2) is 0 Å². The fraction of sp³-hybridized carbons (Fsp3) is 0.647. The van der Waals surface area contributed by atoms with Gasteiger partial charge in [0.25, 0.3) is 0 Å². The van der Waals surface area contributed by atoms with Crippen molar-refractivity contribution in [2.24, 2.45) is 11.1 Å². The van der Waals surface area contributed by atoms with E-state index in [2.05, 4.69) is 13.8 Å². The van der Waals surface area contributed by atoms with Gasteiger partial charge in [0.1, 0.15) is 5.75 Å². The molecule has 1 saturated carbocycles. The molecule has 2 N–H and O–H groups in total. The molecular weight excluding hydrogens is 250 g/mol. The van der Waals surface area contributed by atoms with E-state index in [-0.39, 0.29) is 6.04 Å². The second kappa shape index (κ2) is 6.59. The first-order chi connectivity index (χ1) is 9.50. The summed E-state index contributed by atoms with van der Waals surface area (Å²) in [5.41, 5.74) is 7.77. The molecule has 0 spiro atoms. The lowest BCUT2D eigenvalue weighted by atomic mass is 9.76. The molecule has 3 nitrogen and oxygen atoms in total. The Morgan fingerprint density at radius 3 is 2.35 bits per heavy atom. The molecule has 0 saturated heterocycles. The molecule has 2 rings (SSSR count). The first-order valence-electron chi connectivity index (χ1n) is 7.51. The SMILES string of the molecule is COc1ccc(C(N)COC2CCC(C)(C)CC2)cc1. The van der Waals surface area contributed by atoms with Crippen molar-refractivity contribution in [2.45, 2.75) is 51.7 Å². The number of benzene rings is 1. The van der Waals surface area contributed by atoms with Crippen LogP contribution in [-0.2, 0) is 4.74 Å². The molecule has 1 atom stereocenters. The largest absolute Gasteiger partial charge is 0.497 e. The highest BCUT2D eigenvalue weighted by Crippen LogP contribution is 2.36. The van der Waals surface area contributed by atoms with Gasteiger partial charge in [0, 0.05) is 0 Å². The molecule has 0 radical (unpaired) electrons. The van der Waals surface area contributed by atoms with Crippen LogP contribution < -0.4 is 10.5 Å². The Balaban J connectivity index is 1.78. The highest BCUT2D eigenvalue weighted by molar-refractivity contribution is 5.28. The highest BCUT2D eigenvalue weighted by atomic mass is 16.5. The predicted octanol–water partition coefficient (Wildman–Crippen LogP) is 3.68. The minimum atomic E-state index is -0.0594. The minimum Gasteiger partial charge on any atom is -0.497 e. The zero-order valence-corrected chi connectivity index (χ0v) is 12.9. The van der Waals surface area contributed by atoms with Gasteiger partial charge in [-0.1, -0.05) is 26.0 Å². The van der Waals surface area contributed by atoms with E-state index in [1.54, 1.807) is 7.11 Å². The molecule has 0 aliphatic heterocycles. The summed E-state index contributed by atoms with van der Waals surface area (Å²) in [5.74, 6) is 0.858. The van der Waals surface area contributed by atoms with E-state index in [0.29, 0.717) is 18.1 Å². The van der Waals surface area contributed by atoms with Gasteiger partial charge in [0.05, 0.1) is 25.9 Å². The van der Waals surface area contributed by atoms with Crippen molar-refractivity contribution in [1.82, 2.24) is 0 Å². The Labute approximate surface area is 122 Å². The van der Waals surface area contributed by atoms with Crippen LogP contribution in [0.2, 0.25) is 0 Å². The van der Waals surface area contributed by atoms with Crippen LogP contribution in [0.15, 0.2) is 24.3 Å². The van der Waals surface area contributed by atoms with Gasteiger partial charge in [-0.15, -0.1) is 0 Å². The van der Waals surface area contributed by atoms with Gasteiger partial charge in [0.2, 0.25) is 0 Å². The van der Waals surface area contributed by atoms with E-state index in [1.165, 1.54) is 12.8 Å². The Hall–Kier alpha value is -1.06. The Morgan fingerprint density at radius 1 is 1.20 bits per heavy atom. The van der Waals surface area contributed by atoms with Crippen molar-refractivity contribution in [2.75, 3.05) is 13.7 Å². The normalized spacial score (nSPS) is 20.6. The maximum Gasteiger partial charge on any atom is 0.118 e. The van der Waals surface area contributed by atoms with Gasteiger partial charge in [-0.3, -0.25) is 0 Å². The van der Waals surface area contributed by atoms with Crippen LogP contribution in [-0.4, -0.2) is 19.8 Å². The Bertz CT molecular complexity index is 404. The molecule has 1 aliphatic rings. The van der Waals surface area contributed by atoms with Crippen LogP contribution in [0.1, 0.15) is 51.1 Å². The number of ether oxygens (including phenoxy) is 2. The van der Waals surface area contributed by atoms with Crippen molar-refractivity contribution in [3.05, 3.63) is 29.8 Å². The van der Waals surface area contributed by atoms with Gasteiger partial charge in [-0.25, -0.2) is 0 Å². The summed E-state index contributed by atoms with van der Waals surface area (Å²) in [6.45, 7) is 5.27. The summed E-state index contributed by atoms with van der Waals surface area (Å²) in [5, 5.41) is 0. The third-order valence-electron chi connectivity index (χ3n) is 4.34. The second-order valence-electron chi connectivity index (χ2n) is 6.58. The average molecular weight is 277 g/mol. The first kappa shape index (κ1) is 15.3. The summed E-state index contributed by atoms with van der Waals surface area (Å²) >= 11 is 0. The maximum atomic E-state index is 6.19. The van der Waals surface area contributed by atoms with Crippen molar-refractivity contribution in [3.8, 4) is 5.75 Å². The molecule has 1 fully saturated rings. The van der Waals surface area contributed by atoms with Crippen LogP contribution >= 0.6 is 0 Å². The average Bonchev–Trinajstić information content (AvgIpc) is 2.46. The number of rotatable bonds is 5. The van der Waals surface area contributed by atoms with Gasteiger partial charge in [-0.2, -0.15) is 0 Å². The zero-order chi connectivity index (χ0) is 14.6. The molecule has 112 valence electrons. The van der Waals surface area contributed by atoms with Crippen LogP contribution in [0.5, 0.6) is 5.75 Å². The van der Waals surface area contributed by atoms with Crippen LogP contribution in [0.4, 0.5) is 0 Å². The molecule has 20 heavy (non-hydrogen) atoms. The fourth-order valence-corrected chi connectivity index (χ4v) is 2.73. The molecule has 3 heteroatoms. The van der Waals surface area contributed by atoms with E-state index >= 15 is 0 Å². The molecular formula is C17H27NO2. The molecule has 0 amide bonds. The lowest BCUT2D eigenvalue weighted by Gasteiger charge is -2.34. The first-order valence-corrected chi connectivity index (χ1v) is 7.51. The summed E-state index contributed by atoms with van der Waals surface area (Å²) in [6, 6.07) is 7.85. The Kier molecular flexibility index (Phi) is 5.06. The molecule has 1 unspecified atom stereocenters. The zero-order valence-electron chi connectivity index (χ0n) is 12.9.